The standard InChI is InChI=1S/C19H25N5O3/c1-13-11-14(2)24(21-13)19-20-16-6-4-3-5-15(16)18(26)23(19)12-17(25)22-7-9-27-10-8-22/h11H,3-10,12H2,1-2H3. The Kier molecular flexibility index (Phi) is 4.82. The lowest BCUT2D eigenvalue weighted by molar-refractivity contribution is -0.135. The number of ether oxygens (including phenoxy) is 1. The lowest BCUT2D eigenvalue weighted by atomic mass is 9.97. The van der Waals surface area contributed by atoms with Gasteiger partial charge < -0.3 is 9.64 Å². The maximum atomic E-state index is 13.2. The second-order valence-electron chi connectivity index (χ2n) is 7.27. The molecule has 4 rings (SSSR count). The number of hydrogen-bond donors (Lipinski definition) is 0. The van der Waals surface area contributed by atoms with Gasteiger partial charge in [-0.3, -0.25) is 14.2 Å². The molecule has 1 aliphatic carbocycles. The van der Waals surface area contributed by atoms with Crippen molar-refractivity contribution >= 4 is 5.91 Å². The highest BCUT2D eigenvalue weighted by Crippen LogP contribution is 2.19. The summed E-state index contributed by atoms with van der Waals surface area (Å²) in [6.07, 6.45) is 3.55. The van der Waals surface area contributed by atoms with Gasteiger partial charge in [0.25, 0.3) is 5.56 Å². The van der Waals surface area contributed by atoms with Crippen LogP contribution < -0.4 is 5.56 Å². The summed E-state index contributed by atoms with van der Waals surface area (Å²) in [6.45, 7) is 6.00. The predicted octanol–water partition coefficient (Wildman–Crippen LogP) is 0.783. The average molecular weight is 371 g/mol. The SMILES string of the molecule is Cc1cc(C)n(-c2nc3c(c(=O)n2CC(=O)N2CCOCC2)CCCC3)n1. The number of aromatic nitrogens is 4. The van der Waals surface area contributed by atoms with Crippen LogP contribution in [0.3, 0.4) is 0 Å². The Hall–Kier alpha value is -2.48. The minimum absolute atomic E-state index is 0.0210. The van der Waals surface area contributed by atoms with E-state index in [4.69, 9.17) is 9.72 Å². The Morgan fingerprint density at radius 3 is 2.63 bits per heavy atom. The molecule has 8 nitrogen and oxygen atoms in total. The van der Waals surface area contributed by atoms with Crippen molar-refractivity contribution in [2.24, 2.45) is 0 Å². The summed E-state index contributed by atoms with van der Waals surface area (Å²) in [5, 5.41) is 4.50. The summed E-state index contributed by atoms with van der Waals surface area (Å²) in [6, 6.07) is 1.94. The van der Waals surface area contributed by atoms with Crippen molar-refractivity contribution in [1.29, 1.82) is 0 Å². The third-order valence-corrected chi connectivity index (χ3v) is 5.27. The molecule has 2 aromatic rings. The Morgan fingerprint density at radius 2 is 1.93 bits per heavy atom. The topological polar surface area (TPSA) is 82.2 Å². The van der Waals surface area contributed by atoms with Crippen LogP contribution in [-0.4, -0.2) is 56.4 Å². The number of aryl methyl sites for hydroxylation is 3. The summed E-state index contributed by atoms with van der Waals surface area (Å²) >= 11 is 0. The van der Waals surface area contributed by atoms with Crippen LogP contribution in [-0.2, 0) is 28.9 Å². The van der Waals surface area contributed by atoms with Crippen LogP contribution in [0.25, 0.3) is 5.95 Å². The first-order valence-corrected chi connectivity index (χ1v) is 9.56. The van der Waals surface area contributed by atoms with Gasteiger partial charge in [0, 0.05) is 24.3 Å². The third-order valence-electron chi connectivity index (χ3n) is 5.27. The smallest absolute Gasteiger partial charge is 0.258 e. The van der Waals surface area contributed by atoms with Gasteiger partial charge in [0.1, 0.15) is 6.54 Å². The van der Waals surface area contributed by atoms with Gasteiger partial charge in [0.05, 0.1) is 24.6 Å². The lowest BCUT2D eigenvalue weighted by Crippen LogP contribution is -2.44. The molecule has 0 aromatic carbocycles. The summed E-state index contributed by atoms with van der Waals surface area (Å²) < 4.78 is 8.50. The van der Waals surface area contributed by atoms with E-state index in [-0.39, 0.29) is 18.0 Å². The minimum atomic E-state index is -0.108. The van der Waals surface area contributed by atoms with Crippen molar-refractivity contribution in [2.75, 3.05) is 26.3 Å². The van der Waals surface area contributed by atoms with E-state index in [0.29, 0.717) is 32.3 Å². The van der Waals surface area contributed by atoms with E-state index in [1.54, 1.807) is 9.58 Å². The van der Waals surface area contributed by atoms with Crippen molar-refractivity contribution < 1.29 is 9.53 Å². The highest BCUT2D eigenvalue weighted by molar-refractivity contribution is 5.76. The molecule has 0 spiro atoms. The zero-order chi connectivity index (χ0) is 19.0. The molecule has 2 aliphatic rings. The second-order valence-corrected chi connectivity index (χ2v) is 7.27. The van der Waals surface area contributed by atoms with Crippen LogP contribution in [0.15, 0.2) is 10.9 Å². The Bertz CT molecular complexity index is 924. The molecule has 1 saturated heterocycles. The van der Waals surface area contributed by atoms with Crippen LogP contribution in [0.5, 0.6) is 0 Å². The molecule has 2 aromatic heterocycles. The largest absolute Gasteiger partial charge is 0.378 e. The molecule has 0 radical (unpaired) electrons. The monoisotopic (exact) mass is 371 g/mol. The van der Waals surface area contributed by atoms with Crippen molar-refractivity contribution in [3.05, 3.63) is 39.1 Å². The quantitative estimate of drug-likeness (QED) is 0.796. The van der Waals surface area contributed by atoms with Crippen LogP contribution in [0.2, 0.25) is 0 Å². The number of morpholine rings is 1. The van der Waals surface area contributed by atoms with E-state index in [1.807, 2.05) is 19.9 Å². The number of nitrogens with zero attached hydrogens (tertiary/aromatic N) is 5. The van der Waals surface area contributed by atoms with Gasteiger partial charge in [-0.05, 0) is 45.6 Å². The van der Waals surface area contributed by atoms with Gasteiger partial charge in [0.15, 0.2) is 0 Å². The lowest BCUT2D eigenvalue weighted by Gasteiger charge is -2.28. The number of carbonyl (C=O) groups excluding carboxylic acids is 1. The van der Waals surface area contributed by atoms with Gasteiger partial charge in [-0.15, -0.1) is 0 Å². The normalized spacial score (nSPS) is 17.0. The number of hydrogen-bond acceptors (Lipinski definition) is 5. The summed E-state index contributed by atoms with van der Waals surface area (Å²) in [5.41, 5.74) is 3.24. The zero-order valence-electron chi connectivity index (χ0n) is 15.9. The maximum Gasteiger partial charge on any atom is 0.258 e. The molecule has 0 bridgehead atoms. The van der Waals surface area contributed by atoms with Gasteiger partial charge in [-0.1, -0.05) is 0 Å². The zero-order valence-corrected chi connectivity index (χ0v) is 15.9. The molecule has 3 heterocycles. The first kappa shape index (κ1) is 17.9. The first-order valence-electron chi connectivity index (χ1n) is 9.56. The Balaban J connectivity index is 1.79. The molecule has 27 heavy (non-hydrogen) atoms. The Labute approximate surface area is 157 Å². The summed E-state index contributed by atoms with van der Waals surface area (Å²) in [7, 11) is 0. The Morgan fingerprint density at radius 1 is 1.19 bits per heavy atom. The molecular weight excluding hydrogens is 346 g/mol. The van der Waals surface area contributed by atoms with Crippen LogP contribution in [0, 0.1) is 13.8 Å². The summed E-state index contributed by atoms with van der Waals surface area (Å²) in [4.78, 5) is 32.6. The van der Waals surface area contributed by atoms with Gasteiger partial charge >= 0.3 is 0 Å². The maximum absolute atomic E-state index is 13.2. The number of amides is 1. The van der Waals surface area contributed by atoms with Gasteiger partial charge in [0.2, 0.25) is 11.9 Å². The average Bonchev–Trinajstić information content (AvgIpc) is 3.02. The molecule has 0 atom stereocenters. The van der Waals surface area contributed by atoms with Crippen molar-refractivity contribution in [1.82, 2.24) is 24.2 Å². The van der Waals surface area contributed by atoms with Crippen LogP contribution >= 0.6 is 0 Å². The van der Waals surface area contributed by atoms with E-state index < -0.39 is 0 Å². The van der Waals surface area contributed by atoms with Crippen molar-refractivity contribution in [2.45, 2.75) is 46.1 Å². The molecule has 0 N–H and O–H groups in total. The molecule has 0 unspecified atom stereocenters. The fourth-order valence-electron chi connectivity index (χ4n) is 3.86. The molecule has 8 heteroatoms. The van der Waals surface area contributed by atoms with Crippen molar-refractivity contribution in [3.63, 3.8) is 0 Å². The molecule has 144 valence electrons. The predicted molar refractivity (Wildman–Crippen MR) is 99.1 cm³/mol. The minimum Gasteiger partial charge on any atom is -0.378 e. The third kappa shape index (κ3) is 3.41. The fourth-order valence-corrected chi connectivity index (χ4v) is 3.86. The highest BCUT2D eigenvalue weighted by atomic mass is 16.5. The number of carbonyl (C=O) groups is 1. The molecule has 1 aliphatic heterocycles. The van der Waals surface area contributed by atoms with Crippen molar-refractivity contribution in [3.8, 4) is 5.95 Å². The van der Waals surface area contributed by atoms with E-state index >= 15 is 0 Å². The second kappa shape index (κ2) is 7.26. The first-order chi connectivity index (χ1) is 13.0. The molecule has 1 amide bonds. The van der Waals surface area contributed by atoms with E-state index in [2.05, 4.69) is 5.10 Å². The number of fused-ring (bicyclic) bond motifs is 1. The summed E-state index contributed by atoms with van der Waals surface area (Å²) in [5.74, 6) is 0.355. The molecule has 0 saturated carbocycles. The van der Waals surface area contributed by atoms with Gasteiger partial charge in [-0.2, -0.15) is 5.10 Å². The van der Waals surface area contributed by atoms with E-state index in [9.17, 15) is 9.59 Å². The fraction of sp³-hybridized carbons (Fsp3) is 0.579. The molecular formula is C19H25N5O3. The highest BCUT2D eigenvalue weighted by Gasteiger charge is 2.25. The molecule has 1 fully saturated rings. The van der Waals surface area contributed by atoms with Gasteiger partial charge in [-0.25, -0.2) is 9.67 Å². The van der Waals surface area contributed by atoms with E-state index in [0.717, 1.165) is 48.3 Å². The van der Waals surface area contributed by atoms with Crippen LogP contribution in [0.1, 0.15) is 35.5 Å². The number of rotatable bonds is 3. The van der Waals surface area contributed by atoms with E-state index in [1.165, 1.54) is 4.57 Å². The van der Waals surface area contributed by atoms with Crippen LogP contribution in [0.4, 0.5) is 0 Å².